The van der Waals surface area contributed by atoms with Crippen LogP contribution < -0.4 is 5.73 Å². The first-order valence-electron chi connectivity index (χ1n) is 7.63. The van der Waals surface area contributed by atoms with E-state index in [9.17, 15) is 0 Å². The van der Waals surface area contributed by atoms with Crippen molar-refractivity contribution in [2.75, 3.05) is 14.1 Å². The minimum Gasteiger partial charge on any atom is -0.328 e. The molecule has 0 radical (unpaired) electrons. The van der Waals surface area contributed by atoms with E-state index in [2.05, 4.69) is 74.4 Å². The summed E-state index contributed by atoms with van der Waals surface area (Å²) in [6, 6.07) is 17.9. The molecule has 1 atom stereocenters. The van der Waals surface area contributed by atoms with Crippen molar-refractivity contribution in [3.05, 3.63) is 59.7 Å². The highest BCUT2D eigenvalue weighted by Gasteiger charge is 2.02. The first-order chi connectivity index (χ1) is 10.0. The summed E-state index contributed by atoms with van der Waals surface area (Å²) in [6.07, 6.45) is 2.08. The first-order valence-corrected chi connectivity index (χ1v) is 7.63. The number of nitrogens with zero attached hydrogens (tertiary/aromatic N) is 1. The van der Waals surface area contributed by atoms with Crippen LogP contribution in [0.25, 0.3) is 11.1 Å². The average Bonchev–Trinajstić information content (AvgIpc) is 2.45. The summed E-state index contributed by atoms with van der Waals surface area (Å²) in [4.78, 5) is 2.18. The van der Waals surface area contributed by atoms with Crippen LogP contribution in [0.1, 0.15) is 24.5 Å². The van der Waals surface area contributed by atoms with E-state index in [0.717, 1.165) is 19.4 Å². The minimum atomic E-state index is 0.263. The van der Waals surface area contributed by atoms with E-state index in [4.69, 9.17) is 5.73 Å². The van der Waals surface area contributed by atoms with Crippen LogP contribution in [0.4, 0.5) is 0 Å². The van der Waals surface area contributed by atoms with Crippen LogP contribution in [-0.4, -0.2) is 25.0 Å². The zero-order valence-electron chi connectivity index (χ0n) is 13.3. The van der Waals surface area contributed by atoms with Gasteiger partial charge in [0.2, 0.25) is 0 Å². The molecule has 2 aromatic rings. The third kappa shape index (κ3) is 5.00. The van der Waals surface area contributed by atoms with E-state index in [0.29, 0.717) is 0 Å². The Labute approximate surface area is 128 Å². The van der Waals surface area contributed by atoms with E-state index < -0.39 is 0 Å². The Morgan fingerprint density at radius 2 is 1.67 bits per heavy atom. The molecule has 0 aliphatic rings. The van der Waals surface area contributed by atoms with Crippen molar-refractivity contribution < 1.29 is 0 Å². The molecule has 2 nitrogen and oxygen atoms in total. The predicted octanol–water partition coefficient (Wildman–Crippen LogP) is 3.70. The molecule has 1 unspecified atom stereocenters. The average molecular weight is 282 g/mol. The lowest BCUT2D eigenvalue weighted by molar-refractivity contribution is 0.402. The van der Waals surface area contributed by atoms with Crippen molar-refractivity contribution in [2.45, 2.75) is 32.4 Å². The zero-order valence-corrected chi connectivity index (χ0v) is 13.3. The molecular formula is C19H26N2. The second-order valence-electron chi connectivity index (χ2n) is 6.15. The molecule has 0 bridgehead atoms. The van der Waals surface area contributed by atoms with Gasteiger partial charge < -0.3 is 10.6 Å². The predicted molar refractivity (Wildman–Crippen MR) is 91.2 cm³/mol. The quantitative estimate of drug-likeness (QED) is 0.875. The Kier molecular flexibility index (Phi) is 5.54. The van der Waals surface area contributed by atoms with Crippen LogP contribution in [0.15, 0.2) is 48.5 Å². The van der Waals surface area contributed by atoms with Crippen LogP contribution in [0.5, 0.6) is 0 Å². The number of aryl methyl sites for hydroxylation is 1. The largest absolute Gasteiger partial charge is 0.328 e. The van der Waals surface area contributed by atoms with Crippen molar-refractivity contribution >= 4 is 0 Å². The summed E-state index contributed by atoms with van der Waals surface area (Å²) in [5.74, 6) is 0. The summed E-state index contributed by atoms with van der Waals surface area (Å²) < 4.78 is 0. The number of hydrogen-bond acceptors (Lipinski definition) is 2. The lowest BCUT2D eigenvalue weighted by atomic mass is 9.99. The number of hydrogen-bond donors (Lipinski definition) is 1. The van der Waals surface area contributed by atoms with Gasteiger partial charge in [0, 0.05) is 12.6 Å². The van der Waals surface area contributed by atoms with E-state index in [1.165, 1.54) is 22.3 Å². The topological polar surface area (TPSA) is 29.3 Å². The van der Waals surface area contributed by atoms with Gasteiger partial charge in [0.25, 0.3) is 0 Å². The second-order valence-corrected chi connectivity index (χ2v) is 6.15. The molecule has 2 heteroatoms. The fourth-order valence-electron chi connectivity index (χ4n) is 2.47. The zero-order chi connectivity index (χ0) is 15.2. The van der Waals surface area contributed by atoms with E-state index in [1.807, 2.05) is 0 Å². The van der Waals surface area contributed by atoms with Crippen LogP contribution in [0.3, 0.4) is 0 Å². The summed E-state index contributed by atoms with van der Waals surface area (Å²) in [7, 11) is 4.19. The van der Waals surface area contributed by atoms with Gasteiger partial charge >= 0.3 is 0 Å². The number of rotatable bonds is 6. The van der Waals surface area contributed by atoms with E-state index >= 15 is 0 Å². The fourth-order valence-corrected chi connectivity index (χ4v) is 2.47. The molecule has 112 valence electrons. The molecule has 0 heterocycles. The molecule has 2 N–H and O–H groups in total. The molecule has 21 heavy (non-hydrogen) atoms. The Morgan fingerprint density at radius 1 is 0.952 bits per heavy atom. The van der Waals surface area contributed by atoms with Gasteiger partial charge in [-0.2, -0.15) is 0 Å². The van der Waals surface area contributed by atoms with E-state index in [-0.39, 0.29) is 6.04 Å². The van der Waals surface area contributed by atoms with Crippen LogP contribution >= 0.6 is 0 Å². The maximum absolute atomic E-state index is 5.84. The highest BCUT2D eigenvalue weighted by Crippen LogP contribution is 2.22. The molecule has 0 aromatic heterocycles. The lowest BCUT2D eigenvalue weighted by Crippen LogP contribution is -2.15. The van der Waals surface area contributed by atoms with Crippen molar-refractivity contribution in [1.29, 1.82) is 0 Å². The summed E-state index contributed by atoms with van der Waals surface area (Å²) in [5, 5.41) is 0. The first kappa shape index (κ1) is 15.7. The minimum absolute atomic E-state index is 0.263. The molecular weight excluding hydrogens is 256 g/mol. The molecule has 2 aromatic carbocycles. The van der Waals surface area contributed by atoms with Crippen molar-refractivity contribution in [2.24, 2.45) is 5.73 Å². The van der Waals surface area contributed by atoms with Crippen molar-refractivity contribution in [3.8, 4) is 11.1 Å². The third-order valence-corrected chi connectivity index (χ3v) is 3.60. The van der Waals surface area contributed by atoms with Gasteiger partial charge in [0.15, 0.2) is 0 Å². The van der Waals surface area contributed by atoms with Gasteiger partial charge in [-0.05, 0) is 56.1 Å². The van der Waals surface area contributed by atoms with Crippen LogP contribution in [0, 0.1) is 0 Å². The molecule has 0 amide bonds. The highest BCUT2D eigenvalue weighted by molar-refractivity contribution is 5.64. The lowest BCUT2D eigenvalue weighted by Gasteiger charge is -2.11. The molecule has 0 saturated carbocycles. The van der Waals surface area contributed by atoms with Gasteiger partial charge in [-0.15, -0.1) is 0 Å². The van der Waals surface area contributed by atoms with Gasteiger partial charge in [-0.1, -0.05) is 48.5 Å². The van der Waals surface area contributed by atoms with Gasteiger partial charge in [-0.25, -0.2) is 0 Å². The van der Waals surface area contributed by atoms with Crippen molar-refractivity contribution in [3.63, 3.8) is 0 Å². The molecule has 2 rings (SSSR count). The summed E-state index contributed by atoms with van der Waals surface area (Å²) >= 11 is 0. The van der Waals surface area contributed by atoms with Gasteiger partial charge in [0.05, 0.1) is 0 Å². The number of benzene rings is 2. The summed E-state index contributed by atoms with van der Waals surface area (Å²) in [5.41, 5.74) is 11.1. The molecule has 0 spiro atoms. The van der Waals surface area contributed by atoms with E-state index in [1.54, 1.807) is 0 Å². The second kappa shape index (κ2) is 7.39. The Balaban J connectivity index is 2.12. The Hall–Kier alpha value is -1.64. The molecule has 0 aliphatic heterocycles. The fraction of sp³-hybridized carbons (Fsp3) is 0.368. The van der Waals surface area contributed by atoms with Crippen LogP contribution in [0.2, 0.25) is 0 Å². The smallest absolute Gasteiger partial charge is 0.0227 e. The molecule has 0 aliphatic carbocycles. The monoisotopic (exact) mass is 282 g/mol. The SMILES string of the molecule is CC(N)CCc1cccc(-c2ccc(CN(C)C)cc2)c1. The highest BCUT2D eigenvalue weighted by atomic mass is 15.0. The van der Waals surface area contributed by atoms with Gasteiger partial charge in [-0.3, -0.25) is 0 Å². The Morgan fingerprint density at radius 3 is 2.29 bits per heavy atom. The van der Waals surface area contributed by atoms with Crippen molar-refractivity contribution in [1.82, 2.24) is 4.90 Å². The maximum atomic E-state index is 5.84. The summed E-state index contributed by atoms with van der Waals surface area (Å²) in [6.45, 7) is 3.04. The molecule has 0 fully saturated rings. The van der Waals surface area contributed by atoms with Crippen LogP contribution in [-0.2, 0) is 13.0 Å². The molecule has 0 saturated heterocycles. The normalized spacial score (nSPS) is 12.6. The standard InChI is InChI=1S/C19H26N2/c1-15(20)7-8-16-5-4-6-19(13-16)18-11-9-17(10-12-18)14-21(2)3/h4-6,9-13,15H,7-8,14,20H2,1-3H3. The maximum Gasteiger partial charge on any atom is 0.0227 e. The number of nitrogens with two attached hydrogens (primary N) is 1. The Bertz CT molecular complexity index is 556. The third-order valence-electron chi connectivity index (χ3n) is 3.60. The van der Waals surface area contributed by atoms with Gasteiger partial charge in [0.1, 0.15) is 0 Å².